The average molecular weight is 985 g/mol. The number of nitrogens with zero attached hydrogens (tertiary/aromatic N) is 4. The lowest BCUT2D eigenvalue weighted by molar-refractivity contribution is -0.145. The molecular formula is C47H56N10O8S3. The number of carbonyl (C=O) groups is 8. The minimum atomic E-state index is -1.37. The number of Topliss-reactive ketones (excluding diaryl/α,β-unsaturated/α-hetero) is 1. The lowest BCUT2D eigenvalue weighted by atomic mass is 9.84. The van der Waals surface area contributed by atoms with Gasteiger partial charge in [-0.15, -0.1) is 39.1 Å². The minimum absolute atomic E-state index is 0.00890. The van der Waals surface area contributed by atoms with Gasteiger partial charge >= 0.3 is 0 Å². The van der Waals surface area contributed by atoms with Crippen LogP contribution < -0.4 is 32.7 Å². The van der Waals surface area contributed by atoms with Gasteiger partial charge in [0.15, 0.2) is 5.78 Å². The highest BCUT2D eigenvalue weighted by molar-refractivity contribution is 7.23. The standard InChI is InChI=1S/C47H56N10O8S3/c1-3-26(2)30-21-36(58)32(22-41(48)59)51-43(61)16-15-42(60)50-17-7-6-10-31(44(49)62)52-45(63)33(19-27-25-67-37-11-5-4-9-29(27)37)53-46(64)35-20-28(23-56(35)47(30)65)57-24-34(54-55-57)38-13-14-40(68-38)39-12-8-18-66-39/h4-5,8-9,11-14,18,24-26,28,30-33,35H,3,6-7,10,15-17,19-23H2,1-2H3,(H2,48,59)(H2,49,62)(H,50,60)(H,51,61)(H,52,63)(H,53,64)/t26-,28-,30-,31-,32-,33-,35-/m0/s1. The van der Waals surface area contributed by atoms with Crippen LogP contribution in [0, 0.1) is 11.8 Å². The van der Waals surface area contributed by atoms with Crippen molar-refractivity contribution in [1.29, 1.82) is 0 Å². The van der Waals surface area contributed by atoms with E-state index in [1.165, 1.54) is 16.2 Å². The second-order valence-electron chi connectivity index (χ2n) is 17.4. The third kappa shape index (κ3) is 12.2. The zero-order valence-electron chi connectivity index (χ0n) is 37.8. The Morgan fingerprint density at radius 1 is 0.868 bits per heavy atom. The van der Waals surface area contributed by atoms with Gasteiger partial charge in [-0.05, 0) is 71.2 Å². The number of hydrogen-bond acceptors (Lipinski definition) is 13. The lowest BCUT2D eigenvalue weighted by Crippen LogP contribution is -2.57. The van der Waals surface area contributed by atoms with Crippen LogP contribution in [0.1, 0.15) is 83.2 Å². The Balaban J connectivity index is 1.24. The predicted molar refractivity (Wildman–Crippen MR) is 259 cm³/mol. The van der Waals surface area contributed by atoms with Gasteiger partial charge < -0.3 is 37.6 Å². The van der Waals surface area contributed by atoms with Crippen molar-refractivity contribution in [3.8, 4) is 20.3 Å². The summed E-state index contributed by atoms with van der Waals surface area (Å²) in [5.74, 6) is -6.59. The zero-order chi connectivity index (χ0) is 48.5. The number of aromatic nitrogens is 3. The quantitative estimate of drug-likeness (QED) is 0.118. The normalized spacial score (nSPS) is 23.6. The first-order valence-corrected chi connectivity index (χ1v) is 25.3. The van der Waals surface area contributed by atoms with E-state index < -0.39 is 102 Å². The van der Waals surface area contributed by atoms with Gasteiger partial charge in [-0.1, -0.05) is 49.7 Å². The summed E-state index contributed by atoms with van der Waals surface area (Å²) in [6, 6.07) is 10.2. The predicted octanol–water partition coefficient (Wildman–Crippen LogP) is 3.85. The number of fused-ring (bicyclic) bond motifs is 2. The van der Waals surface area contributed by atoms with E-state index in [4.69, 9.17) is 11.5 Å². The fourth-order valence-electron chi connectivity index (χ4n) is 8.66. The van der Waals surface area contributed by atoms with E-state index in [0.717, 1.165) is 30.3 Å². The molecule has 68 heavy (non-hydrogen) atoms. The number of ketones is 1. The van der Waals surface area contributed by atoms with Crippen LogP contribution >= 0.6 is 34.0 Å². The van der Waals surface area contributed by atoms with Crippen molar-refractivity contribution < 1.29 is 38.4 Å². The number of rotatable bonds is 10. The summed E-state index contributed by atoms with van der Waals surface area (Å²) in [6.07, 6.45) is 1.83. The number of thiophene rings is 3. The number of carbonyl (C=O) groups excluding carboxylic acids is 8. The van der Waals surface area contributed by atoms with Crippen LogP contribution in [0.4, 0.5) is 0 Å². The molecule has 5 aromatic rings. The molecule has 0 radical (unpaired) electrons. The SMILES string of the molecule is CC[C@H](C)[C@@H]1CC(=O)[C@H](CC(N)=O)NC(=O)CCC(=O)NCCCC[C@@H](C(N)=O)NC(=O)[C@H](Cc2csc3ccccc23)NC(=O)[C@@H]2C[C@H](n3cc(-c4ccc(-c5cccs5)s4)nn3)CN2C1=O. The number of amides is 7. The van der Waals surface area contributed by atoms with Crippen LogP contribution in [0.3, 0.4) is 0 Å². The summed E-state index contributed by atoms with van der Waals surface area (Å²) >= 11 is 4.67. The number of nitrogens with two attached hydrogens (primary N) is 2. The molecule has 7 rings (SSSR count). The number of hydrogen-bond donors (Lipinski definition) is 6. The Hall–Kier alpha value is -6.32. The minimum Gasteiger partial charge on any atom is -0.370 e. The Labute approximate surface area is 405 Å². The van der Waals surface area contributed by atoms with E-state index >= 15 is 4.79 Å². The Kier molecular flexibility index (Phi) is 16.5. The summed E-state index contributed by atoms with van der Waals surface area (Å²) in [5.41, 5.74) is 12.7. The summed E-state index contributed by atoms with van der Waals surface area (Å²) in [6.45, 7) is 3.86. The zero-order valence-corrected chi connectivity index (χ0v) is 40.3. The van der Waals surface area contributed by atoms with E-state index in [1.54, 1.807) is 40.5 Å². The maximum Gasteiger partial charge on any atom is 0.243 e. The van der Waals surface area contributed by atoms with Crippen molar-refractivity contribution >= 4 is 91.2 Å². The summed E-state index contributed by atoms with van der Waals surface area (Å²) in [5, 5.41) is 24.7. The monoisotopic (exact) mass is 984 g/mol. The highest BCUT2D eigenvalue weighted by Crippen LogP contribution is 2.37. The van der Waals surface area contributed by atoms with E-state index in [9.17, 15) is 33.6 Å². The van der Waals surface area contributed by atoms with Gasteiger partial charge in [-0.25, -0.2) is 4.68 Å². The molecule has 7 amide bonds. The maximum atomic E-state index is 15.1. The number of nitrogens with one attached hydrogen (secondary N) is 4. The molecule has 0 bridgehead atoms. The third-order valence-electron chi connectivity index (χ3n) is 12.7. The lowest BCUT2D eigenvalue weighted by Gasteiger charge is -2.32. The Bertz CT molecular complexity index is 2640. The van der Waals surface area contributed by atoms with Gasteiger partial charge in [0, 0.05) is 65.6 Å². The molecule has 1 aromatic carbocycles. The molecule has 21 heteroatoms. The van der Waals surface area contributed by atoms with Crippen molar-refractivity contribution in [3.63, 3.8) is 0 Å². The summed E-state index contributed by atoms with van der Waals surface area (Å²) < 4.78 is 2.60. The topological polar surface area (TPSA) is 271 Å². The largest absolute Gasteiger partial charge is 0.370 e. The fraction of sp³-hybridized carbons (Fsp3) is 0.447. The second-order valence-corrected chi connectivity index (χ2v) is 20.3. The highest BCUT2D eigenvalue weighted by Gasteiger charge is 2.45. The van der Waals surface area contributed by atoms with Gasteiger partial charge in [0.05, 0.1) is 29.6 Å². The van der Waals surface area contributed by atoms with Gasteiger partial charge in [0.25, 0.3) is 0 Å². The van der Waals surface area contributed by atoms with Gasteiger partial charge in [-0.3, -0.25) is 38.4 Å². The molecule has 2 fully saturated rings. The molecule has 0 spiro atoms. The second kappa shape index (κ2) is 22.7. The molecule has 7 atom stereocenters. The van der Waals surface area contributed by atoms with Crippen LogP contribution in [0.15, 0.2) is 65.5 Å². The van der Waals surface area contributed by atoms with Crippen molar-refractivity contribution in [2.75, 3.05) is 13.1 Å². The molecule has 8 N–H and O–H groups in total. The van der Waals surface area contributed by atoms with Crippen LogP contribution in [0.2, 0.25) is 0 Å². The third-order valence-corrected chi connectivity index (χ3v) is 15.9. The first-order valence-electron chi connectivity index (χ1n) is 22.8. The molecule has 0 saturated carbocycles. The number of benzene rings is 1. The van der Waals surface area contributed by atoms with Crippen molar-refractivity contribution in [3.05, 3.63) is 71.1 Å². The van der Waals surface area contributed by atoms with Crippen LogP contribution in [-0.4, -0.2) is 104 Å². The van der Waals surface area contributed by atoms with Gasteiger partial charge in [-0.2, -0.15) is 0 Å². The average Bonchev–Trinajstić information content (AvgIpc) is 4.18. The van der Waals surface area contributed by atoms with Crippen molar-refractivity contribution in [1.82, 2.24) is 41.2 Å². The molecule has 18 nitrogen and oxygen atoms in total. The first-order chi connectivity index (χ1) is 32.7. The molecule has 6 heterocycles. The molecule has 360 valence electrons. The smallest absolute Gasteiger partial charge is 0.243 e. The van der Waals surface area contributed by atoms with E-state index in [-0.39, 0.29) is 45.2 Å². The number of primary amides is 2. The highest BCUT2D eigenvalue weighted by atomic mass is 32.1. The van der Waals surface area contributed by atoms with Crippen molar-refractivity contribution in [2.24, 2.45) is 23.3 Å². The molecule has 2 aliphatic heterocycles. The Morgan fingerprint density at radius 3 is 2.40 bits per heavy atom. The molecule has 0 unspecified atom stereocenters. The van der Waals surface area contributed by atoms with E-state index in [2.05, 4.69) is 31.6 Å². The summed E-state index contributed by atoms with van der Waals surface area (Å²) in [4.78, 5) is 114. The van der Waals surface area contributed by atoms with E-state index in [1.807, 2.05) is 66.2 Å². The first kappa shape index (κ1) is 49.6. The fourth-order valence-corrected chi connectivity index (χ4v) is 11.4. The van der Waals surface area contributed by atoms with Gasteiger partial charge in [0.2, 0.25) is 41.4 Å². The molecule has 2 aliphatic rings. The van der Waals surface area contributed by atoms with Crippen LogP contribution in [0.25, 0.3) is 30.4 Å². The van der Waals surface area contributed by atoms with Crippen LogP contribution in [-0.2, 0) is 44.8 Å². The van der Waals surface area contributed by atoms with Crippen molar-refractivity contribution in [2.45, 2.75) is 108 Å². The molecular weight excluding hydrogens is 929 g/mol. The maximum absolute atomic E-state index is 15.1. The van der Waals surface area contributed by atoms with Gasteiger partial charge in [0.1, 0.15) is 23.8 Å². The molecule has 0 aliphatic carbocycles. The summed E-state index contributed by atoms with van der Waals surface area (Å²) in [7, 11) is 0. The Morgan fingerprint density at radius 2 is 1.65 bits per heavy atom. The van der Waals surface area contributed by atoms with E-state index in [0.29, 0.717) is 25.0 Å². The van der Waals surface area contributed by atoms with Crippen LogP contribution in [0.5, 0.6) is 0 Å². The molecule has 2 saturated heterocycles. The molecule has 4 aromatic heterocycles.